The molecule has 0 fully saturated rings. The molecular formula is C25H31NO5. The van der Waals surface area contributed by atoms with Gasteiger partial charge in [-0.1, -0.05) is 48.6 Å². The van der Waals surface area contributed by atoms with E-state index in [9.17, 15) is 9.59 Å². The van der Waals surface area contributed by atoms with E-state index in [2.05, 4.69) is 17.4 Å². The van der Waals surface area contributed by atoms with Crippen molar-refractivity contribution in [3.63, 3.8) is 0 Å². The fraction of sp³-hybridized carbons (Fsp3) is 0.360. The van der Waals surface area contributed by atoms with Crippen LogP contribution in [0.5, 0.6) is 11.5 Å². The third kappa shape index (κ3) is 8.16. The van der Waals surface area contributed by atoms with Crippen molar-refractivity contribution in [1.82, 2.24) is 5.32 Å². The van der Waals surface area contributed by atoms with Gasteiger partial charge in [0.1, 0.15) is 0 Å². The Morgan fingerprint density at radius 1 is 1.06 bits per heavy atom. The Balaban J connectivity index is 1.77. The molecule has 0 bridgehead atoms. The molecule has 6 heteroatoms. The second kappa shape index (κ2) is 12.4. The fourth-order valence-electron chi connectivity index (χ4n) is 2.98. The minimum absolute atomic E-state index is 0.0370. The maximum absolute atomic E-state index is 12.3. The number of benzene rings is 2. The smallest absolute Gasteiger partial charge is 0.344 e. The number of rotatable bonds is 11. The lowest BCUT2D eigenvalue weighted by Crippen LogP contribution is -2.41. The summed E-state index contributed by atoms with van der Waals surface area (Å²) in [6, 6.07) is 15.4. The van der Waals surface area contributed by atoms with Gasteiger partial charge in [0.2, 0.25) is 0 Å². The van der Waals surface area contributed by atoms with E-state index in [4.69, 9.17) is 14.2 Å². The van der Waals surface area contributed by atoms with Crippen molar-refractivity contribution >= 4 is 18.0 Å². The predicted octanol–water partition coefficient (Wildman–Crippen LogP) is 4.18. The largest absolute Gasteiger partial charge is 0.493 e. The summed E-state index contributed by atoms with van der Waals surface area (Å²) in [6.45, 7) is 5.08. The van der Waals surface area contributed by atoms with Crippen LogP contribution in [-0.2, 0) is 20.7 Å². The first kappa shape index (κ1) is 24.0. The van der Waals surface area contributed by atoms with Crippen LogP contribution in [0.1, 0.15) is 38.3 Å². The highest BCUT2D eigenvalue weighted by molar-refractivity contribution is 5.83. The van der Waals surface area contributed by atoms with E-state index in [-0.39, 0.29) is 18.6 Å². The van der Waals surface area contributed by atoms with Crippen LogP contribution in [0.25, 0.3) is 6.08 Å². The van der Waals surface area contributed by atoms with E-state index in [0.29, 0.717) is 11.5 Å². The van der Waals surface area contributed by atoms with E-state index in [1.807, 2.05) is 56.3 Å². The number of carbonyl (C=O) groups excluding carboxylic acids is 2. The van der Waals surface area contributed by atoms with Crippen LogP contribution in [0.3, 0.4) is 0 Å². The molecular weight excluding hydrogens is 394 g/mol. The third-order valence-electron chi connectivity index (χ3n) is 4.67. The van der Waals surface area contributed by atoms with Crippen LogP contribution in [0.15, 0.2) is 54.6 Å². The van der Waals surface area contributed by atoms with Gasteiger partial charge in [0.05, 0.1) is 7.11 Å². The van der Waals surface area contributed by atoms with Gasteiger partial charge < -0.3 is 19.5 Å². The highest BCUT2D eigenvalue weighted by atomic mass is 16.6. The van der Waals surface area contributed by atoms with Crippen molar-refractivity contribution in [3.05, 3.63) is 65.7 Å². The molecule has 0 aromatic heterocycles. The minimum Gasteiger partial charge on any atom is -0.493 e. The van der Waals surface area contributed by atoms with E-state index < -0.39 is 12.1 Å². The molecule has 0 radical (unpaired) electrons. The number of hydrogen-bond donors (Lipinski definition) is 1. The Bertz CT molecular complexity index is 879. The second-order valence-electron chi connectivity index (χ2n) is 7.26. The van der Waals surface area contributed by atoms with E-state index in [1.54, 1.807) is 13.0 Å². The molecule has 0 unspecified atom stereocenters. The van der Waals surface area contributed by atoms with Crippen molar-refractivity contribution in [2.75, 3.05) is 13.7 Å². The second-order valence-corrected chi connectivity index (χ2v) is 7.26. The molecule has 2 atom stereocenters. The van der Waals surface area contributed by atoms with Crippen LogP contribution in [0, 0.1) is 0 Å². The minimum atomic E-state index is -0.908. The molecule has 0 heterocycles. The summed E-state index contributed by atoms with van der Waals surface area (Å²) in [4.78, 5) is 24.4. The van der Waals surface area contributed by atoms with Crippen LogP contribution in [0.4, 0.5) is 0 Å². The summed E-state index contributed by atoms with van der Waals surface area (Å²) >= 11 is 0. The zero-order valence-corrected chi connectivity index (χ0v) is 18.6. The van der Waals surface area contributed by atoms with Gasteiger partial charge in [-0.2, -0.15) is 0 Å². The van der Waals surface area contributed by atoms with Gasteiger partial charge >= 0.3 is 5.97 Å². The lowest BCUT2D eigenvalue weighted by Gasteiger charge is -2.18. The molecule has 31 heavy (non-hydrogen) atoms. The number of aryl methyl sites for hydroxylation is 1. The summed E-state index contributed by atoms with van der Waals surface area (Å²) in [5.41, 5.74) is 2.18. The zero-order valence-electron chi connectivity index (χ0n) is 18.6. The van der Waals surface area contributed by atoms with Gasteiger partial charge in [-0.05, 0) is 56.9 Å². The molecule has 2 aromatic rings. The molecule has 0 aliphatic heterocycles. The predicted molar refractivity (Wildman–Crippen MR) is 121 cm³/mol. The number of esters is 1. The molecule has 1 N–H and O–H groups in total. The first-order valence-corrected chi connectivity index (χ1v) is 10.4. The number of hydrogen-bond acceptors (Lipinski definition) is 5. The summed E-state index contributed by atoms with van der Waals surface area (Å²) in [5.74, 6) is -0.0119. The molecule has 1 amide bonds. The van der Waals surface area contributed by atoms with E-state index >= 15 is 0 Å². The molecule has 166 valence electrons. The maximum atomic E-state index is 12.3. The van der Waals surface area contributed by atoms with Crippen LogP contribution in [0.2, 0.25) is 0 Å². The molecule has 2 aromatic carbocycles. The normalized spacial score (nSPS) is 12.8. The lowest BCUT2D eigenvalue weighted by molar-refractivity contribution is -0.156. The van der Waals surface area contributed by atoms with E-state index in [0.717, 1.165) is 18.4 Å². The molecule has 0 aliphatic carbocycles. The van der Waals surface area contributed by atoms with Gasteiger partial charge in [0.15, 0.2) is 24.2 Å². The average Bonchev–Trinajstić information content (AvgIpc) is 2.77. The van der Waals surface area contributed by atoms with Gasteiger partial charge in [-0.15, -0.1) is 0 Å². The summed E-state index contributed by atoms with van der Waals surface area (Å²) < 4.78 is 16.0. The number of methoxy groups -OCH3 is 1. The molecule has 0 saturated carbocycles. The van der Waals surface area contributed by atoms with E-state index in [1.165, 1.54) is 12.7 Å². The van der Waals surface area contributed by atoms with Crippen molar-refractivity contribution in [2.24, 2.45) is 0 Å². The summed E-state index contributed by atoms with van der Waals surface area (Å²) in [5, 5.41) is 2.88. The number of carbonyl (C=O) groups is 2. The Labute approximate surface area is 184 Å². The standard InChI is InChI=1S/C25H31NO5/c1-5-9-21-14-15-22(23(16-21)29-4)30-17-24(27)31-19(3)25(28)26-18(2)12-13-20-10-7-6-8-11-20/h5-11,14-16,18-19H,12-13,17H2,1-4H3,(H,26,28)/b9-5+/t18-,19-/m1/s1. The molecule has 6 nitrogen and oxygen atoms in total. The zero-order chi connectivity index (χ0) is 22.6. The number of amides is 1. The van der Waals surface area contributed by atoms with Crippen LogP contribution >= 0.6 is 0 Å². The van der Waals surface area contributed by atoms with Crippen molar-refractivity contribution in [3.8, 4) is 11.5 Å². The fourth-order valence-corrected chi connectivity index (χ4v) is 2.98. The van der Waals surface area contributed by atoms with Crippen molar-refractivity contribution in [2.45, 2.75) is 45.8 Å². The van der Waals surface area contributed by atoms with Gasteiger partial charge in [-0.25, -0.2) is 4.79 Å². The molecule has 2 rings (SSSR count). The quantitative estimate of drug-likeness (QED) is 0.547. The summed E-state index contributed by atoms with van der Waals surface area (Å²) in [6.07, 6.45) is 4.60. The topological polar surface area (TPSA) is 73.9 Å². The van der Waals surface area contributed by atoms with Crippen molar-refractivity contribution in [1.29, 1.82) is 0 Å². The number of allylic oxidation sites excluding steroid dienone is 1. The lowest BCUT2D eigenvalue weighted by atomic mass is 10.1. The van der Waals surface area contributed by atoms with Gasteiger partial charge in [0, 0.05) is 6.04 Å². The highest BCUT2D eigenvalue weighted by Crippen LogP contribution is 2.28. The number of nitrogens with one attached hydrogen (secondary N) is 1. The Hall–Kier alpha value is -3.28. The molecule has 0 spiro atoms. The highest BCUT2D eigenvalue weighted by Gasteiger charge is 2.20. The first-order valence-electron chi connectivity index (χ1n) is 10.4. The van der Waals surface area contributed by atoms with Crippen LogP contribution in [-0.4, -0.2) is 37.7 Å². The monoisotopic (exact) mass is 425 g/mol. The average molecular weight is 426 g/mol. The molecule has 0 aliphatic rings. The van der Waals surface area contributed by atoms with Gasteiger partial charge in [0.25, 0.3) is 5.91 Å². The Kier molecular flexibility index (Phi) is 9.62. The Morgan fingerprint density at radius 2 is 1.81 bits per heavy atom. The third-order valence-corrected chi connectivity index (χ3v) is 4.67. The molecule has 0 saturated heterocycles. The first-order chi connectivity index (χ1) is 14.9. The van der Waals surface area contributed by atoms with Crippen molar-refractivity contribution < 1.29 is 23.8 Å². The maximum Gasteiger partial charge on any atom is 0.344 e. The van der Waals surface area contributed by atoms with Gasteiger partial charge in [-0.3, -0.25) is 4.79 Å². The Morgan fingerprint density at radius 3 is 2.48 bits per heavy atom. The summed E-state index contributed by atoms with van der Waals surface area (Å²) in [7, 11) is 1.53. The van der Waals surface area contributed by atoms with Crippen LogP contribution < -0.4 is 14.8 Å². The SMILES string of the molecule is C/C=C/c1ccc(OCC(=O)O[C@H](C)C(=O)N[C@H](C)CCc2ccccc2)c(OC)c1. The number of ether oxygens (including phenoxy) is 3.